The molecule has 0 spiro atoms. The van der Waals surface area contributed by atoms with Crippen LogP contribution in [-0.2, 0) is 9.59 Å². The molecule has 4 heteroatoms. The van der Waals surface area contributed by atoms with Crippen LogP contribution in [0.5, 0.6) is 0 Å². The van der Waals surface area contributed by atoms with Crippen molar-refractivity contribution in [1.82, 2.24) is 4.90 Å². The lowest BCUT2D eigenvalue weighted by Gasteiger charge is -2.17. The van der Waals surface area contributed by atoms with E-state index in [1.165, 1.54) is 4.90 Å². The molecule has 1 N–H and O–H groups in total. The lowest BCUT2D eigenvalue weighted by molar-refractivity contribution is -0.140. The normalized spacial score (nSPS) is 31.2. The van der Waals surface area contributed by atoms with Crippen molar-refractivity contribution >= 4 is 11.8 Å². The highest BCUT2D eigenvalue weighted by Crippen LogP contribution is 2.44. The third-order valence-corrected chi connectivity index (χ3v) is 4.44. The number of unbranched alkanes of at least 4 members (excludes halogenated alkanes) is 2. The Morgan fingerprint density at radius 3 is 2.22 bits per heavy atom. The Morgan fingerprint density at radius 1 is 1.11 bits per heavy atom. The van der Waals surface area contributed by atoms with Gasteiger partial charge in [0.2, 0.25) is 11.8 Å². The summed E-state index contributed by atoms with van der Waals surface area (Å²) in [4.78, 5) is 25.8. The van der Waals surface area contributed by atoms with Gasteiger partial charge in [-0.3, -0.25) is 14.5 Å². The second-order valence-corrected chi connectivity index (χ2v) is 5.57. The number of aliphatic hydroxyl groups is 1. The lowest BCUT2D eigenvalue weighted by atomic mass is 10.00. The Balaban J connectivity index is 1.88. The van der Waals surface area contributed by atoms with Gasteiger partial charge in [-0.25, -0.2) is 0 Å². The zero-order chi connectivity index (χ0) is 13.1. The second-order valence-electron chi connectivity index (χ2n) is 5.57. The Morgan fingerprint density at radius 2 is 1.72 bits per heavy atom. The van der Waals surface area contributed by atoms with Gasteiger partial charge in [0.05, 0.1) is 11.8 Å². The average Bonchev–Trinajstić information content (AvgIpc) is 2.89. The van der Waals surface area contributed by atoms with Crippen molar-refractivity contribution in [1.29, 1.82) is 0 Å². The molecule has 0 radical (unpaired) electrons. The molecule has 0 aromatic carbocycles. The second kappa shape index (κ2) is 5.83. The summed E-state index contributed by atoms with van der Waals surface area (Å²) in [7, 11) is 0. The van der Waals surface area contributed by atoms with Gasteiger partial charge in [-0.1, -0.05) is 13.3 Å². The molecular weight excluding hydrogens is 230 g/mol. The fourth-order valence-electron chi connectivity index (χ4n) is 3.31. The number of fused-ring (bicyclic) bond motifs is 1. The molecule has 2 fully saturated rings. The fraction of sp³-hybridized carbons (Fsp3) is 0.857. The SMILES string of the molecule is CCC1CC2C(=O)N(CCCCCO)C(=O)C2C1. The van der Waals surface area contributed by atoms with Crippen LogP contribution in [0.4, 0.5) is 0 Å². The van der Waals surface area contributed by atoms with E-state index in [2.05, 4.69) is 6.92 Å². The minimum Gasteiger partial charge on any atom is -0.396 e. The molecule has 2 amide bonds. The standard InChI is InChI=1S/C14H23NO3/c1-2-10-8-11-12(9-10)14(18)15(13(11)17)6-4-3-5-7-16/h10-12,16H,2-9H2,1H3. The molecule has 1 saturated carbocycles. The molecule has 1 heterocycles. The predicted molar refractivity (Wildman–Crippen MR) is 67.7 cm³/mol. The van der Waals surface area contributed by atoms with Gasteiger partial charge in [-0.05, 0) is 38.0 Å². The maximum Gasteiger partial charge on any atom is 0.233 e. The fourth-order valence-corrected chi connectivity index (χ4v) is 3.31. The van der Waals surface area contributed by atoms with Crippen molar-refractivity contribution in [3.8, 4) is 0 Å². The van der Waals surface area contributed by atoms with Crippen LogP contribution in [0.1, 0.15) is 45.4 Å². The summed E-state index contributed by atoms with van der Waals surface area (Å²) in [5.74, 6) is 0.625. The van der Waals surface area contributed by atoms with E-state index in [1.54, 1.807) is 0 Å². The number of carbonyl (C=O) groups is 2. The largest absolute Gasteiger partial charge is 0.396 e. The molecule has 18 heavy (non-hydrogen) atoms. The van der Waals surface area contributed by atoms with Crippen LogP contribution in [0.15, 0.2) is 0 Å². The van der Waals surface area contributed by atoms with Gasteiger partial charge in [-0.2, -0.15) is 0 Å². The molecular formula is C14H23NO3. The van der Waals surface area contributed by atoms with Gasteiger partial charge < -0.3 is 5.11 Å². The Hall–Kier alpha value is -0.900. The summed E-state index contributed by atoms with van der Waals surface area (Å²) >= 11 is 0. The summed E-state index contributed by atoms with van der Waals surface area (Å²) in [5, 5.41) is 8.70. The van der Waals surface area contributed by atoms with Gasteiger partial charge >= 0.3 is 0 Å². The van der Waals surface area contributed by atoms with Crippen LogP contribution in [0, 0.1) is 17.8 Å². The van der Waals surface area contributed by atoms with E-state index < -0.39 is 0 Å². The monoisotopic (exact) mass is 253 g/mol. The minimum atomic E-state index is -0.0275. The summed E-state index contributed by atoms with van der Waals surface area (Å²) in [6.45, 7) is 2.86. The number of nitrogens with zero attached hydrogens (tertiary/aromatic N) is 1. The van der Waals surface area contributed by atoms with Crippen LogP contribution in [0.2, 0.25) is 0 Å². The maximum absolute atomic E-state index is 12.2. The first-order chi connectivity index (χ1) is 8.69. The number of rotatable bonds is 6. The maximum atomic E-state index is 12.2. The molecule has 0 aromatic heterocycles. The van der Waals surface area contributed by atoms with Gasteiger partial charge in [-0.15, -0.1) is 0 Å². The van der Waals surface area contributed by atoms with E-state index in [0.717, 1.165) is 38.5 Å². The number of hydrogen-bond acceptors (Lipinski definition) is 3. The van der Waals surface area contributed by atoms with Crippen molar-refractivity contribution in [2.24, 2.45) is 17.8 Å². The van der Waals surface area contributed by atoms with Crippen LogP contribution < -0.4 is 0 Å². The van der Waals surface area contributed by atoms with E-state index in [1.807, 2.05) is 0 Å². The van der Waals surface area contributed by atoms with Crippen molar-refractivity contribution in [3.63, 3.8) is 0 Å². The lowest BCUT2D eigenvalue weighted by Crippen LogP contribution is -2.33. The van der Waals surface area contributed by atoms with E-state index in [4.69, 9.17) is 5.11 Å². The van der Waals surface area contributed by atoms with Crippen molar-refractivity contribution in [3.05, 3.63) is 0 Å². The number of likely N-dealkylation sites (tertiary alicyclic amines) is 1. The van der Waals surface area contributed by atoms with E-state index in [0.29, 0.717) is 12.5 Å². The number of amides is 2. The Bertz CT molecular complexity index is 305. The summed E-state index contributed by atoms with van der Waals surface area (Å²) in [6.07, 6.45) is 5.32. The molecule has 1 aliphatic heterocycles. The highest BCUT2D eigenvalue weighted by molar-refractivity contribution is 6.05. The first-order valence-electron chi connectivity index (χ1n) is 7.15. The molecule has 102 valence electrons. The molecule has 4 nitrogen and oxygen atoms in total. The van der Waals surface area contributed by atoms with Gasteiger partial charge in [0, 0.05) is 13.2 Å². The highest BCUT2D eigenvalue weighted by atomic mass is 16.3. The Labute approximate surface area is 108 Å². The van der Waals surface area contributed by atoms with Crippen LogP contribution in [-0.4, -0.2) is 35.0 Å². The van der Waals surface area contributed by atoms with Crippen LogP contribution in [0.25, 0.3) is 0 Å². The smallest absolute Gasteiger partial charge is 0.233 e. The zero-order valence-corrected chi connectivity index (χ0v) is 11.1. The van der Waals surface area contributed by atoms with Gasteiger partial charge in [0.1, 0.15) is 0 Å². The number of hydrogen-bond donors (Lipinski definition) is 1. The Kier molecular flexibility index (Phi) is 4.38. The predicted octanol–water partition coefficient (Wildman–Crippen LogP) is 1.57. The third kappa shape index (κ3) is 2.44. The number of carbonyl (C=O) groups excluding carboxylic acids is 2. The van der Waals surface area contributed by atoms with Gasteiger partial charge in [0.25, 0.3) is 0 Å². The third-order valence-electron chi connectivity index (χ3n) is 4.44. The summed E-state index contributed by atoms with van der Waals surface area (Å²) < 4.78 is 0. The molecule has 1 saturated heterocycles. The number of aliphatic hydroxyl groups excluding tert-OH is 1. The first kappa shape index (κ1) is 13.5. The van der Waals surface area contributed by atoms with Crippen molar-refractivity contribution in [2.45, 2.75) is 45.4 Å². The summed E-state index contributed by atoms with van der Waals surface area (Å²) in [5.41, 5.74) is 0. The zero-order valence-electron chi connectivity index (χ0n) is 11.1. The molecule has 0 aromatic rings. The van der Waals surface area contributed by atoms with E-state index in [9.17, 15) is 9.59 Å². The molecule has 2 rings (SSSR count). The molecule has 0 bridgehead atoms. The molecule has 2 aliphatic rings. The van der Waals surface area contributed by atoms with E-state index >= 15 is 0 Å². The van der Waals surface area contributed by atoms with Crippen LogP contribution in [0.3, 0.4) is 0 Å². The van der Waals surface area contributed by atoms with Crippen molar-refractivity contribution < 1.29 is 14.7 Å². The van der Waals surface area contributed by atoms with Crippen molar-refractivity contribution in [2.75, 3.05) is 13.2 Å². The molecule has 2 unspecified atom stereocenters. The average molecular weight is 253 g/mol. The highest BCUT2D eigenvalue weighted by Gasteiger charge is 2.51. The van der Waals surface area contributed by atoms with Gasteiger partial charge in [0.15, 0.2) is 0 Å². The number of imide groups is 1. The molecule has 1 aliphatic carbocycles. The van der Waals surface area contributed by atoms with E-state index in [-0.39, 0.29) is 30.3 Å². The first-order valence-corrected chi connectivity index (χ1v) is 7.15. The summed E-state index contributed by atoms with van der Waals surface area (Å²) in [6, 6.07) is 0. The quantitative estimate of drug-likeness (QED) is 0.577. The minimum absolute atomic E-state index is 0.0275. The molecule has 2 atom stereocenters. The topological polar surface area (TPSA) is 57.6 Å². The van der Waals surface area contributed by atoms with Crippen LogP contribution >= 0.6 is 0 Å².